The van der Waals surface area contributed by atoms with Gasteiger partial charge in [0.15, 0.2) is 5.84 Å². The molecule has 2 atom stereocenters. The Morgan fingerprint density at radius 3 is 3.05 bits per heavy atom. The molecule has 21 heavy (non-hydrogen) atoms. The molecule has 6 nitrogen and oxygen atoms in total. The number of hydrogen-bond acceptors (Lipinski definition) is 5. The van der Waals surface area contributed by atoms with Gasteiger partial charge in [-0.15, -0.1) is 0 Å². The summed E-state index contributed by atoms with van der Waals surface area (Å²) in [5, 5.41) is 11.8. The van der Waals surface area contributed by atoms with E-state index in [2.05, 4.69) is 27.0 Å². The largest absolute Gasteiger partial charge is 0.409 e. The fourth-order valence-corrected chi connectivity index (χ4v) is 3.54. The van der Waals surface area contributed by atoms with Gasteiger partial charge in [-0.1, -0.05) is 5.16 Å². The molecule has 3 N–H and O–H groups in total. The van der Waals surface area contributed by atoms with Crippen LogP contribution < -0.4 is 5.73 Å². The van der Waals surface area contributed by atoms with E-state index in [1.165, 1.54) is 19.3 Å². The maximum Gasteiger partial charge on any atom is 0.188 e. The molecule has 6 heteroatoms. The van der Waals surface area contributed by atoms with E-state index >= 15 is 0 Å². The minimum atomic E-state index is 0.0616. The average Bonchev–Trinajstić information content (AvgIpc) is 2.75. The summed E-state index contributed by atoms with van der Waals surface area (Å²) in [4.78, 5) is 9.19. The molecule has 2 aliphatic heterocycles. The predicted octanol–water partition coefficient (Wildman–Crippen LogP) is 0.845. The Kier molecular flexibility index (Phi) is 4.07. The summed E-state index contributed by atoms with van der Waals surface area (Å²) in [5.74, 6) is 0.0616. The maximum absolute atomic E-state index is 8.75. The number of pyridine rings is 1. The lowest BCUT2D eigenvalue weighted by molar-refractivity contribution is 0.214. The molecule has 0 spiro atoms. The van der Waals surface area contributed by atoms with Gasteiger partial charge < -0.3 is 10.9 Å². The van der Waals surface area contributed by atoms with Gasteiger partial charge in [-0.2, -0.15) is 0 Å². The smallest absolute Gasteiger partial charge is 0.188 e. The van der Waals surface area contributed by atoms with Crippen LogP contribution >= 0.6 is 0 Å². The summed E-state index contributed by atoms with van der Waals surface area (Å²) >= 11 is 0. The SMILES string of the molecule is CN1C2CCC1CN(Cc1ccnc(C(N)=NO)c1)CC2. The lowest BCUT2D eigenvalue weighted by Gasteiger charge is -2.25. The van der Waals surface area contributed by atoms with Crippen molar-refractivity contribution in [2.45, 2.75) is 37.9 Å². The van der Waals surface area contributed by atoms with Crippen LogP contribution in [-0.2, 0) is 6.54 Å². The minimum absolute atomic E-state index is 0.0616. The molecule has 0 radical (unpaired) electrons. The quantitative estimate of drug-likeness (QED) is 0.373. The second kappa shape index (κ2) is 5.99. The van der Waals surface area contributed by atoms with Crippen LogP contribution in [0, 0.1) is 0 Å². The van der Waals surface area contributed by atoms with Crippen molar-refractivity contribution in [1.29, 1.82) is 0 Å². The highest BCUT2D eigenvalue weighted by Crippen LogP contribution is 2.28. The molecule has 0 amide bonds. The molecule has 0 aliphatic carbocycles. The van der Waals surface area contributed by atoms with Crippen LogP contribution in [0.5, 0.6) is 0 Å². The number of oxime groups is 1. The highest BCUT2D eigenvalue weighted by Gasteiger charge is 2.34. The third-order valence-corrected chi connectivity index (χ3v) is 4.83. The molecule has 0 saturated carbocycles. The zero-order valence-electron chi connectivity index (χ0n) is 12.4. The molecule has 2 unspecified atom stereocenters. The van der Waals surface area contributed by atoms with E-state index in [1.807, 2.05) is 12.1 Å². The molecule has 114 valence electrons. The Labute approximate surface area is 125 Å². The standard InChI is InChI=1S/C15H23N5O/c1-19-12-2-3-13(19)10-20(7-5-12)9-11-4-6-17-14(8-11)15(16)18-21/h4,6,8,12-13,21H,2-3,5,7,9-10H2,1H3,(H2,16,18). The summed E-state index contributed by atoms with van der Waals surface area (Å²) in [6, 6.07) is 5.34. The van der Waals surface area contributed by atoms with Crippen LogP contribution in [0.15, 0.2) is 23.5 Å². The van der Waals surface area contributed by atoms with Gasteiger partial charge in [0.25, 0.3) is 0 Å². The van der Waals surface area contributed by atoms with Gasteiger partial charge in [0.2, 0.25) is 0 Å². The first kappa shape index (κ1) is 14.3. The number of likely N-dealkylation sites (N-methyl/N-ethyl adjacent to an activating group) is 1. The second-order valence-corrected chi connectivity index (χ2v) is 6.11. The van der Waals surface area contributed by atoms with Gasteiger partial charge in [-0.3, -0.25) is 14.8 Å². The van der Waals surface area contributed by atoms with Crippen LogP contribution in [0.3, 0.4) is 0 Å². The summed E-state index contributed by atoms with van der Waals surface area (Å²) in [5.41, 5.74) is 7.30. The molecule has 0 aromatic carbocycles. The number of nitrogens with zero attached hydrogens (tertiary/aromatic N) is 4. The first-order valence-electron chi connectivity index (χ1n) is 7.54. The second-order valence-electron chi connectivity index (χ2n) is 6.11. The number of likely N-dealkylation sites (tertiary alicyclic amines) is 1. The van der Waals surface area contributed by atoms with Crippen molar-refractivity contribution in [3.8, 4) is 0 Å². The number of aromatic nitrogens is 1. The van der Waals surface area contributed by atoms with Gasteiger partial charge in [-0.25, -0.2) is 0 Å². The van der Waals surface area contributed by atoms with Crippen molar-refractivity contribution in [3.05, 3.63) is 29.6 Å². The van der Waals surface area contributed by atoms with E-state index in [4.69, 9.17) is 10.9 Å². The van der Waals surface area contributed by atoms with E-state index in [1.54, 1.807) is 6.20 Å². The number of fused-ring (bicyclic) bond motifs is 2. The molecule has 3 rings (SSSR count). The van der Waals surface area contributed by atoms with Crippen molar-refractivity contribution in [2.75, 3.05) is 20.1 Å². The molecule has 2 bridgehead atoms. The summed E-state index contributed by atoms with van der Waals surface area (Å²) in [7, 11) is 2.26. The van der Waals surface area contributed by atoms with Crippen molar-refractivity contribution in [2.24, 2.45) is 10.9 Å². The van der Waals surface area contributed by atoms with E-state index in [-0.39, 0.29) is 5.84 Å². The summed E-state index contributed by atoms with van der Waals surface area (Å²) < 4.78 is 0. The Morgan fingerprint density at radius 2 is 2.24 bits per heavy atom. The number of nitrogens with two attached hydrogens (primary N) is 1. The van der Waals surface area contributed by atoms with Gasteiger partial charge in [-0.05, 0) is 44.0 Å². The minimum Gasteiger partial charge on any atom is -0.409 e. The van der Waals surface area contributed by atoms with Crippen LogP contribution in [-0.4, -0.2) is 58.0 Å². The molecule has 3 heterocycles. The highest BCUT2D eigenvalue weighted by molar-refractivity contribution is 5.95. The monoisotopic (exact) mass is 289 g/mol. The highest BCUT2D eigenvalue weighted by atomic mass is 16.4. The fourth-order valence-electron chi connectivity index (χ4n) is 3.54. The van der Waals surface area contributed by atoms with Crippen molar-refractivity contribution in [1.82, 2.24) is 14.8 Å². The Hall–Kier alpha value is -1.66. The predicted molar refractivity (Wildman–Crippen MR) is 81.2 cm³/mol. The topological polar surface area (TPSA) is 78.0 Å². The normalized spacial score (nSPS) is 27.8. The third-order valence-electron chi connectivity index (χ3n) is 4.83. The van der Waals surface area contributed by atoms with Crippen LogP contribution in [0.2, 0.25) is 0 Å². The zero-order chi connectivity index (χ0) is 14.8. The van der Waals surface area contributed by atoms with Crippen LogP contribution in [0.25, 0.3) is 0 Å². The average molecular weight is 289 g/mol. The zero-order valence-corrected chi connectivity index (χ0v) is 12.4. The van der Waals surface area contributed by atoms with Gasteiger partial charge in [0.05, 0.1) is 0 Å². The Bertz CT molecular complexity index is 533. The van der Waals surface area contributed by atoms with Crippen molar-refractivity contribution < 1.29 is 5.21 Å². The summed E-state index contributed by atoms with van der Waals surface area (Å²) in [6.07, 6.45) is 5.62. The van der Waals surface area contributed by atoms with Gasteiger partial charge in [0.1, 0.15) is 5.69 Å². The van der Waals surface area contributed by atoms with Gasteiger partial charge >= 0.3 is 0 Å². The lowest BCUT2D eigenvalue weighted by atomic mass is 10.1. The molecular formula is C15H23N5O. The van der Waals surface area contributed by atoms with Crippen LogP contribution in [0.1, 0.15) is 30.5 Å². The van der Waals surface area contributed by atoms with Crippen molar-refractivity contribution in [3.63, 3.8) is 0 Å². The molecule has 2 fully saturated rings. The lowest BCUT2D eigenvalue weighted by Crippen LogP contribution is -2.36. The molecule has 1 aromatic rings. The first-order valence-corrected chi connectivity index (χ1v) is 7.54. The molecular weight excluding hydrogens is 266 g/mol. The van der Waals surface area contributed by atoms with Crippen molar-refractivity contribution >= 4 is 5.84 Å². The Balaban J connectivity index is 1.69. The fraction of sp³-hybridized carbons (Fsp3) is 0.600. The van der Waals surface area contributed by atoms with E-state index in [0.717, 1.165) is 31.2 Å². The Morgan fingerprint density at radius 1 is 1.43 bits per heavy atom. The summed E-state index contributed by atoms with van der Waals surface area (Å²) in [6.45, 7) is 3.15. The third kappa shape index (κ3) is 3.01. The first-order chi connectivity index (χ1) is 10.2. The van der Waals surface area contributed by atoms with E-state index in [9.17, 15) is 0 Å². The number of amidine groups is 1. The van der Waals surface area contributed by atoms with Gasteiger partial charge in [0, 0.05) is 37.9 Å². The van der Waals surface area contributed by atoms with Crippen LogP contribution in [0.4, 0.5) is 0 Å². The van der Waals surface area contributed by atoms with E-state index in [0.29, 0.717) is 11.7 Å². The number of hydrogen-bond donors (Lipinski definition) is 2. The molecule has 2 saturated heterocycles. The molecule has 2 aliphatic rings. The van der Waals surface area contributed by atoms with E-state index < -0.39 is 0 Å². The number of rotatable bonds is 3. The molecule has 1 aromatic heterocycles. The maximum atomic E-state index is 8.75.